The minimum absolute atomic E-state index is 0.195. The minimum Gasteiger partial charge on any atom is -0.497 e. The summed E-state index contributed by atoms with van der Waals surface area (Å²) in [4.78, 5) is 0. The molecule has 0 saturated heterocycles. The summed E-state index contributed by atoms with van der Waals surface area (Å²) < 4.78 is 11.6. The maximum absolute atomic E-state index is 6.34. The lowest BCUT2D eigenvalue weighted by Crippen LogP contribution is -2.43. The van der Waals surface area contributed by atoms with E-state index in [1.807, 2.05) is 18.2 Å². The van der Waals surface area contributed by atoms with Gasteiger partial charge < -0.3 is 14.8 Å². The van der Waals surface area contributed by atoms with Crippen LogP contribution in [0.2, 0.25) is 5.02 Å². The van der Waals surface area contributed by atoms with Crippen molar-refractivity contribution in [3.8, 4) is 5.75 Å². The van der Waals surface area contributed by atoms with Crippen molar-refractivity contribution in [1.29, 1.82) is 0 Å². The SMILES string of the molecule is CCCCCCCCC(C(C)(C)C)C(C)(C)OCNc1cc(OC)ccc1Cl. The molecule has 28 heavy (non-hydrogen) atoms. The van der Waals surface area contributed by atoms with Crippen molar-refractivity contribution in [2.24, 2.45) is 11.3 Å². The Hall–Kier alpha value is -0.930. The van der Waals surface area contributed by atoms with Gasteiger partial charge >= 0.3 is 0 Å². The second kappa shape index (κ2) is 11.9. The molecule has 1 rings (SSSR count). The van der Waals surface area contributed by atoms with E-state index in [-0.39, 0.29) is 11.0 Å². The van der Waals surface area contributed by atoms with Crippen molar-refractivity contribution in [2.45, 2.75) is 92.1 Å². The number of hydrogen-bond donors (Lipinski definition) is 1. The summed E-state index contributed by atoms with van der Waals surface area (Å²) in [6.07, 6.45) is 9.16. The third kappa shape index (κ3) is 8.61. The van der Waals surface area contributed by atoms with Crippen LogP contribution >= 0.6 is 11.6 Å². The van der Waals surface area contributed by atoms with E-state index >= 15 is 0 Å². The highest BCUT2D eigenvalue weighted by Gasteiger charge is 2.38. The first kappa shape index (κ1) is 25.1. The van der Waals surface area contributed by atoms with Gasteiger partial charge in [-0.05, 0) is 43.7 Å². The molecule has 1 aromatic carbocycles. The Morgan fingerprint density at radius 2 is 1.64 bits per heavy atom. The molecule has 0 aliphatic carbocycles. The molecule has 3 nitrogen and oxygen atoms in total. The lowest BCUT2D eigenvalue weighted by Gasteiger charge is -2.43. The van der Waals surface area contributed by atoms with Crippen LogP contribution < -0.4 is 10.1 Å². The highest BCUT2D eigenvalue weighted by Crippen LogP contribution is 2.40. The summed E-state index contributed by atoms with van der Waals surface area (Å²) in [6.45, 7) is 14.1. The number of benzene rings is 1. The summed E-state index contributed by atoms with van der Waals surface area (Å²) in [7, 11) is 1.66. The monoisotopic (exact) mass is 411 g/mol. The second-order valence-electron chi connectivity index (χ2n) is 9.39. The van der Waals surface area contributed by atoms with E-state index in [2.05, 4.69) is 46.9 Å². The zero-order valence-electron chi connectivity index (χ0n) is 19.2. The van der Waals surface area contributed by atoms with E-state index in [0.29, 0.717) is 17.7 Å². The third-order valence-corrected chi connectivity index (χ3v) is 5.94. The molecule has 1 aromatic rings. The van der Waals surface area contributed by atoms with Crippen LogP contribution in [0.15, 0.2) is 18.2 Å². The highest BCUT2D eigenvalue weighted by atomic mass is 35.5. The quantitative estimate of drug-likeness (QED) is 0.264. The number of unbranched alkanes of at least 4 members (excludes halogenated alkanes) is 5. The van der Waals surface area contributed by atoms with Crippen molar-refractivity contribution >= 4 is 17.3 Å². The van der Waals surface area contributed by atoms with Gasteiger partial charge in [-0.15, -0.1) is 0 Å². The van der Waals surface area contributed by atoms with Crippen molar-refractivity contribution in [3.63, 3.8) is 0 Å². The summed E-state index contributed by atoms with van der Waals surface area (Å²) in [5, 5.41) is 3.97. The Morgan fingerprint density at radius 1 is 1.00 bits per heavy atom. The van der Waals surface area contributed by atoms with Crippen LogP contribution in [0.1, 0.15) is 86.5 Å². The lowest BCUT2D eigenvalue weighted by molar-refractivity contribution is -0.0888. The molecular formula is C24H42ClNO2. The number of hydrogen-bond acceptors (Lipinski definition) is 3. The van der Waals surface area contributed by atoms with Crippen LogP contribution in [-0.2, 0) is 4.74 Å². The second-order valence-corrected chi connectivity index (χ2v) is 9.80. The van der Waals surface area contributed by atoms with Crippen molar-refractivity contribution in [1.82, 2.24) is 0 Å². The molecule has 162 valence electrons. The zero-order chi connectivity index (χ0) is 21.2. The van der Waals surface area contributed by atoms with Gasteiger partial charge in [0.2, 0.25) is 0 Å². The Balaban J connectivity index is 2.61. The van der Waals surface area contributed by atoms with Crippen LogP contribution in [-0.4, -0.2) is 19.4 Å². The average Bonchev–Trinajstić information content (AvgIpc) is 2.61. The fraction of sp³-hybridized carbons (Fsp3) is 0.750. The minimum atomic E-state index is -0.222. The number of methoxy groups -OCH3 is 1. The Morgan fingerprint density at radius 3 is 2.25 bits per heavy atom. The van der Waals surface area contributed by atoms with Gasteiger partial charge in [0.1, 0.15) is 12.5 Å². The standard InChI is InChI=1S/C24H42ClNO2/c1-8-9-10-11-12-13-14-22(23(2,3)4)24(5,6)28-18-26-21-17-19(27-7)15-16-20(21)25/h15-17,22,26H,8-14,18H2,1-7H3. The van der Waals surface area contributed by atoms with Gasteiger partial charge in [0.15, 0.2) is 0 Å². The number of nitrogens with one attached hydrogen (secondary N) is 1. The first-order valence-corrected chi connectivity index (χ1v) is 11.2. The molecule has 0 fully saturated rings. The first-order valence-electron chi connectivity index (χ1n) is 10.8. The van der Waals surface area contributed by atoms with Crippen LogP contribution in [0, 0.1) is 11.3 Å². The molecular weight excluding hydrogens is 370 g/mol. The van der Waals surface area contributed by atoms with Crippen molar-refractivity contribution < 1.29 is 9.47 Å². The van der Waals surface area contributed by atoms with Crippen LogP contribution in [0.4, 0.5) is 5.69 Å². The van der Waals surface area contributed by atoms with Gasteiger partial charge in [0, 0.05) is 6.07 Å². The van der Waals surface area contributed by atoms with Crippen LogP contribution in [0.3, 0.4) is 0 Å². The number of rotatable bonds is 13. The number of ether oxygens (including phenoxy) is 2. The van der Waals surface area contributed by atoms with Gasteiger partial charge in [-0.3, -0.25) is 0 Å². The molecule has 0 saturated carbocycles. The number of halogens is 1. The van der Waals surface area contributed by atoms with Gasteiger partial charge in [0.05, 0.1) is 23.4 Å². The predicted octanol–water partition coefficient (Wildman–Crippen LogP) is 7.93. The molecule has 0 aromatic heterocycles. The molecule has 0 aliphatic rings. The maximum atomic E-state index is 6.34. The molecule has 0 heterocycles. The van der Waals surface area contributed by atoms with Gasteiger partial charge in [-0.25, -0.2) is 0 Å². The third-order valence-electron chi connectivity index (χ3n) is 5.61. The van der Waals surface area contributed by atoms with E-state index in [9.17, 15) is 0 Å². The Labute approximate surface area is 178 Å². The van der Waals surface area contributed by atoms with Crippen molar-refractivity contribution in [3.05, 3.63) is 23.2 Å². The molecule has 0 amide bonds. The lowest BCUT2D eigenvalue weighted by atomic mass is 9.69. The molecule has 0 spiro atoms. The normalized spacial score (nSPS) is 13.4. The fourth-order valence-corrected chi connectivity index (χ4v) is 4.30. The molecule has 1 N–H and O–H groups in total. The van der Waals surface area contributed by atoms with Gasteiger partial charge in [-0.2, -0.15) is 0 Å². The smallest absolute Gasteiger partial charge is 0.121 e. The summed E-state index contributed by atoms with van der Waals surface area (Å²) >= 11 is 6.29. The van der Waals surface area contributed by atoms with E-state index in [1.165, 1.54) is 44.9 Å². The molecule has 4 heteroatoms. The maximum Gasteiger partial charge on any atom is 0.121 e. The molecule has 1 atom stereocenters. The van der Waals surface area contributed by atoms with Crippen LogP contribution in [0.25, 0.3) is 0 Å². The Kier molecular flexibility index (Phi) is 10.7. The average molecular weight is 412 g/mol. The van der Waals surface area contributed by atoms with E-state index in [1.54, 1.807) is 7.11 Å². The topological polar surface area (TPSA) is 30.5 Å². The predicted molar refractivity (Wildman–Crippen MR) is 123 cm³/mol. The van der Waals surface area contributed by atoms with E-state index in [0.717, 1.165) is 11.4 Å². The molecule has 0 radical (unpaired) electrons. The highest BCUT2D eigenvalue weighted by molar-refractivity contribution is 6.33. The van der Waals surface area contributed by atoms with E-state index < -0.39 is 0 Å². The number of anilines is 1. The zero-order valence-corrected chi connectivity index (χ0v) is 19.9. The molecule has 0 bridgehead atoms. The van der Waals surface area contributed by atoms with Crippen LogP contribution in [0.5, 0.6) is 5.75 Å². The fourth-order valence-electron chi connectivity index (χ4n) is 4.12. The van der Waals surface area contributed by atoms with Crippen molar-refractivity contribution in [2.75, 3.05) is 19.2 Å². The molecule has 0 aliphatic heterocycles. The summed E-state index contributed by atoms with van der Waals surface area (Å²) in [5.74, 6) is 1.26. The summed E-state index contributed by atoms with van der Waals surface area (Å²) in [6, 6.07) is 5.59. The largest absolute Gasteiger partial charge is 0.497 e. The van der Waals surface area contributed by atoms with Gasteiger partial charge in [0.25, 0.3) is 0 Å². The van der Waals surface area contributed by atoms with E-state index in [4.69, 9.17) is 21.1 Å². The van der Waals surface area contributed by atoms with Gasteiger partial charge in [-0.1, -0.05) is 77.8 Å². The Bertz CT molecular complexity index is 566. The molecule has 1 unspecified atom stereocenters. The summed E-state index contributed by atoms with van der Waals surface area (Å²) in [5.41, 5.74) is 0.806. The first-order chi connectivity index (χ1) is 13.1.